The van der Waals surface area contributed by atoms with E-state index in [9.17, 15) is 17.6 Å². The lowest BCUT2D eigenvalue weighted by Crippen LogP contribution is -2.23. The van der Waals surface area contributed by atoms with E-state index in [1.165, 1.54) is 63.4 Å². The number of nitrogens with one attached hydrogen (secondary N) is 1. The first-order chi connectivity index (χ1) is 14.7. The number of methoxy groups -OCH3 is 1. The lowest BCUT2D eigenvalue weighted by molar-refractivity contribution is 0.102. The van der Waals surface area contributed by atoms with Crippen molar-refractivity contribution in [3.8, 4) is 11.4 Å². The molecule has 0 bridgehead atoms. The summed E-state index contributed by atoms with van der Waals surface area (Å²) in [5.74, 6) is -0.739. The van der Waals surface area contributed by atoms with Crippen molar-refractivity contribution >= 4 is 33.4 Å². The van der Waals surface area contributed by atoms with Gasteiger partial charge in [0.05, 0.1) is 13.3 Å². The van der Waals surface area contributed by atoms with Gasteiger partial charge in [0.25, 0.3) is 5.91 Å². The monoisotopic (exact) mass is 464 g/mol. The summed E-state index contributed by atoms with van der Waals surface area (Å²) < 4.78 is 46.4. The topological polar surface area (TPSA) is 93.5 Å². The molecule has 1 aromatic heterocycles. The normalized spacial score (nSPS) is 11.5. The fourth-order valence-electron chi connectivity index (χ4n) is 2.83. The van der Waals surface area contributed by atoms with Gasteiger partial charge < -0.3 is 10.1 Å². The van der Waals surface area contributed by atoms with E-state index in [2.05, 4.69) is 10.3 Å². The molecule has 11 heteroatoms. The Morgan fingerprint density at radius 3 is 2.45 bits per heavy atom. The minimum atomic E-state index is -3.80. The summed E-state index contributed by atoms with van der Waals surface area (Å²) in [5.41, 5.74) is 1.05. The Bertz CT molecular complexity index is 1210. The SMILES string of the molecule is COc1ccc(NC(=O)c2cnc(SC)n2-c2ccc(F)cc2)cc1S(=O)(=O)N(C)C. The van der Waals surface area contributed by atoms with Gasteiger partial charge in [-0.15, -0.1) is 0 Å². The van der Waals surface area contributed by atoms with Gasteiger partial charge in [-0.2, -0.15) is 0 Å². The van der Waals surface area contributed by atoms with Gasteiger partial charge in [-0.25, -0.2) is 22.1 Å². The summed E-state index contributed by atoms with van der Waals surface area (Å²) in [5, 5.41) is 3.24. The largest absolute Gasteiger partial charge is 0.495 e. The molecule has 1 N–H and O–H groups in total. The van der Waals surface area contributed by atoms with Crippen LogP contribution < -0.4 is 10.1 Å². The smallest absolute Gasteiger partial charge is 0.274 e. The van der Waals surface area contributed by atoms with Crippen molar-refractivity contribution in [3.63, 3.8) is 0 Å². The molecule has 3 rings (SSSR count). The van der Waals surface area contributed by atoms with Gasteiger partial charge in [0.15, 0.2) is 5.16 Å². The van der Waals surface area contributed by atoms with Gasteiger partial charge in [-0.1, -0.05) is 11.8 Å². The van der Waals surface area contributed by atoms with Crippen LogP contribution >= 0.6 is 11.8 Å². The number of anilines is 1. The Morgan fingerprint density at radius 2 is 1.87 bits per heavy atom. The first-order valence-electron chi connectivity index (χ1n) is 8.98. The molecular formula is C20H21FN4O4S2. The minimum Gasteiger partial charge on any atom is -0.495 e. The van der Waals surface area contributed by atoms with Gasteiger partial charge in [0, 0.05) is 25.5 Å². The summed E-state index contributed by atoms with van der Waals surface area (Å²) in [4.78, 5) is 17.2. The van der Waals surface area contributed by atoms with E-state index in [4.69, 9.17) is 4.74 Å². The number of rotatable bonds is 7. The van der Waals surface area contributed by atoms with Crippen LogP contribution in [0.4, 0.5) is 10.1 Å². The second-order valence-corrected chi connectivity index (χ2v) is 9.44. The number of nitrogens with zero attached hydrogens (tertiary/aromatic N) is 3. The fraction of sp³-hybridized carbons (Fsp3) is 0.200. The van der Waals surface area contributed by atoms with Crippen LogP contribution in [0.2, 0.25) is 0 Å². The highest BCUT2D eigenvalue weighted by atomic mass is 32.2. The number of sulfonamides is 1. The quantitative estimate of drug-likeness (QED) is 0.540. The van der Waals surface area contributed by atoms with E-state index in [-0.39, 0.29) is 22.0 Å². The molecule has 0 saturated heterocycles. The van der Waals surface area contributed by atoms with Gasteiger partial charge in [-0.3, -0.25) is 9.36 Å². The van der Waals surface area contributed by atoms with Crippen LogP contribution in [0.25, 0.3) is 5.69 Å². The van der Waals surface area contributed by atoms with Crippen LogP contribution in [-0.4, -0.2) is 55.6 Å². The van der Waals surface area contributed by atoms with Crippen LogP contribution in [0, 0.1) is 5.82 Å². The number of hydrogen-bond acceptors (Lipinski definition) is 6. The van der Waals surface area contributed by atoms with Crippen LogP contribution in [0.3, 0.4) is 0 Å². The molecule has 0 saturated carbocycles. The number of carbonyl (C=O) groups excluding carboxylic acids is 1. The standard InChI is InChI=1S/C20H21FN4O4S2/c1-24(2)31(27,28)18-11-14(7-10-17(18)29-3)23-19(26)16-12-22-20(30-4)25(16)15-8-5-13(21)6-9-15/h5-12H,1-4H3,(H,23,26). The van der Waals surface area contributed by atoms with E-state index < -0.39 is 21.7 Å². The molecule has 164 valence electrons. The van der Waals surface area contributed by atoms with Crippen LogP contribution in [0.1, 0.15) is 10.5 Å². The first kappa shape index (κ1) is 22.8. The first-order valence-corrected chi connectivity index (χ1v) is 11.6. The van der Waals surface area contributed by atoms with Gasteiger partial charge in [0.1, 0.15) is 22.2 Å². The third kappa shape index (κ3) is 4.58. The maximum absolute atomic E-state index is 13.3. The van der Waals surface area contributed by atoms with Crippen molar-refractivity contribution in [2.75, 3.05) is 32.8 Å². The van der Waals surface area contributed by atoms with Crippen molar-refractivity contribution in [1.82, 2.24) is 13.9 Å². The molecule has 0 aliphatic rings. The van der Waals surface area contributed by atoms with E-state index in [0.29, 0.717) is 10.8 Å². The summed E-state index contributed by atoms with van der Waals surface area (Å²) in [6.07, 6.45) is 3.22. The molecule has 0 aliphatic carbocycles. The highest BCUT2D eigenvalue weighted by molar-refractivity contribution is 7.98. The number of amides is 1. The highest BCUT2D eigenvalue weighted by Crippen LogP contribution is 2.29. The number of thioether (sulfide) groups is 1. The maximum Gasteiger partial charge on any atom is 0.274 e. The molecule has 8 nitrogen and oxygen atoms in total. The lowest BCUT2D eigenvalue weighted by Gasteiger charge is -2.16. The predicted octanol–water partition coefficient (Wildman–Crippen LogP) is 3.24. The number of hydrogen-bond donors (Lipinski definition) is 1. The van der Waals surface area contributed by atoms with Gasteiger partial charge in [0.2, 0.25) is 10.0 Å². The zero-order valence-corrected chi connectivity index (χ0v) is 18.9. The number of ether oxygens (including phenoxy) is 1. The molecule has 0 aliphatic heterocycles. The molecule has 1 heterocycles. The number of aromatic nitrogens is 2. The third-order valence-corrected chi connectivity index (χ3v) is 6.90. The fourth-order valence-corrected chi connectivity index (χ4v) is 4.45. The second kappa shape index (κ2) is 9.08. The molecule has 0 spiro atoms. The average molecular weight is 465 g/mol. The molecular weight excluding hydrogens is 443 g/mol. The number of carbonyl (C=O) groups is 1. The van der Waals surface area contributed by atoms with Crippen LogP contribution in [-0.2, 0) is 10.0 Å². The number of halogens is 1. The summed E-state index contributed by atoms with van der Waals surface area (Å²) >= 11 is 1.33. The highest BCUT2D eigenvalue weighted by Gasteiger charge is 2.24. The van der Waals surface area contributed by atoms with E-state index in [1.807, 2.05) is 6.26 Å². The number of benzene rings is 2. The number of imidazole rings is 1. The van der Waals surface area contributed by atoms with Crippen LogP contribution in [0.15, 0.2) is 58.7 Å². The van der Waals surface area contributed by atoms with Crippen molar-refractivity contribution in [3.05, 3.63) is 60.2 Å². The summed E-state index contributed by atoms with van der Waals surface area (Å²) in [7, 11) is 0.387. The van der Waals surface area contributed by atoms with Crippen LogP contribution in [0.5, 0.6) is 5.75 Å². The van der Waals surface area contributed by atoms with Crippen molar-refractivity contribution in [2.24, 2.45) is 0 Å². The Labute approximate surface area is 184 Å². The Balaban J connectivity index is 2.00. The van der Waals surface area contributed by atoms with Gasteiger partial charge in [-0.05, 0) is 48.7 Å². The molecule has 0 atom stereocenters. The Kier molecular flexibility index (Phi) is 6.68. The Hall–Kier alpha value is -2.89. The minimum absolute atomic E-state index is 0.0744. The average Bonchev–Trinajstić information content (AvgIpc) is 3.18. The van der Waals surface area contributed by atoms with E-state index in [1.54, 1.807) is 22.8 Å². The van der Waals surface area contributed by atoms with E-state index >= 15 is 0 Å². The zero-order chi connectivity index (χ0) is 22.8. The Morgan fingerprint density at radius 1 is 1.19 bits per heavy atom. The summed E-state index contributed by atoms with van der Waals surface area (Å²) in [6.45, 7) is 0. The van der Waals surface area contributed by atoms with Crippen molar-refractivity contribution in [2.45, 2.75) is 10.1 Å². The molecule has 2 aromatic carbocycles. The molecule has 1 amide bonds. The second-order valence-electron chi connectivity index (χ2n) is 6.55. The predicted molar refractivity (Wildman–Crippen MR) is 117 cm³/mol. The van der Waals surface area contributed by atoms with Crippen molar-refractivity contribution < 1.29 is 22.3 Å². The third-order valence-electron chi connectivity index (χ3n) is 4.41. The molecule has 31 heavy (non-hydrogen) atoms. The molecule has 0 unspecified atom stereocenters. The van der Waals surface area contributed by atoms with Crippen molar-refractivity contribution in [1.29, 1.82) is 0 Å². The maximum atomic E-state index is 13.3. The van der Waals surface area contributed by atoms with Gasteiger partial charge >= 0.3 is 0 Å². The molecule has 3 aromatic rings. The lowest BCUT2D eigenvalue weighted by atomic mass is 10.2. The molecule has 0 radical (unpaired) electrons. The zero-order valence-electron chi connectivity index (χ0n) is 17.3. The van der Waals surface area contributed by atoms with E-state index in [0.717, 1.165) is 4.31 Å². The summed E-state index contributed by atoms with van der Waals surface area (Å²) in [6, 6.07) is 10.0. The molecule has 0 fully saturated rings.